The Morgan fingerprint density at radius 1 is 1.09 bits per heavy atom. The van der Waals surface area contributed by atoms with Gasteiger partial charge in [-0.3, -0.25) is 9.98 Å². The van der Waals surface area contributed by atoms with E-state index in [1.807, 2.05) is 19.9 Å². The van der Waals surface area contributed by atoms with Gasteiger partial charge in [-0.15, -0.1) is 11.6 Å². The summed E-state index contributed by atoms with van der Waals surface area (Å²) in [6.07, 6.45) is 6.06. The van der Waals surface area contributed by atoms with Crippen molar-refractivity contribution in [3.8, 4) is 17.4 Å². The zero-order valence-corrected chi connectivity index (χ0v) is 21.8. The van der Waals surface area contributed by atoms with E-state index in [2.05, 4.69) is 35.9 Å². The van der Waals surface area contributed by atoms with Gasteiger partial charge < -0.3 is 14.6 Å². The molecule has 1 saturated carbocycles. The van der Waals surface area contributed by atoms with Crippen LogP contribution in [0.25, 0.3) is 10.9 Å². The van der Waals surface area contributed by atoms with Crippen molar-refractivity contribution in [2.24, 2.45) is 4.99 Å². The molecule has 1 unspecified atom stereocenters. The number of aliphatic imine (C=N–C) groups is 1. The van der Waals surface area contributed by atoms with Crippen molar-refractivity contribution in [1.82, 2.24) is 9.97 Å². The molecule has 5 rings (SSSR count). The second kappa shape index (κ2) is 8.39. The Balaban J connectivity index is 0.00000259. The Morgan fingerprint density at radius 3 is 2.61 bits per heavy atom. The smallest absolute Gasteiger partial charge is 0.217 e. The maximum Gasteiger partial charge on any atom is 0.217 e. The summed E-state index contributed by atoms with van der Waals surface area (Å²) in [5.41, 5.74) is 3.32. The number of fused-ring (bicyclic) bond motifs is 2. The Kier molecular flexibility index (Phi) is 6.02. The van der Waals surface area contributed by atoms with Crippen LogP contribution in [-0.4, -0.2) is 32.1 Å². The number of aromatic hydroxyl groups is 1. The monoisotopic (exact) mass is 625 g/mol. The van der Waals surface area contributed by atoms with Crippen molar-refractivity contribution in [3.63, 3.8) is 0 Å². The zero-order valence-electron chi connectivity index (χ0n) is 19.6. The predicted molar refractivity (Wildman–Crippen MR) is 124 cm³/mol. The number of hydrogen-bond donors (Lipinski definition) is 1. The summed E-state index contributed by atoms with van der Waals surface area (Å²) in [5, 5.41) is 11.1. The molecule has 6 nitrogen and oxygen atoms in total. The molecule has 1 fully saturated rings. The number of hydrogen-bond acceptors (Lipinski definition) is 6. The van der Waals surface area contributed by atoms with E-state index in [0.29, 0.717) is 28.7 Å². The Bertz CT molecular complexity index is 1280. The largest absolute Gasteiger partial charge is 0.512 e. The number of benzene rings is 1. The topological polar surface area (TPSA) is 76.8 Å². The van der Waals surface area contributed by atoms with Gasteiger partial charge in [0.2, 0.25) is 5.88 Å². The van der Waals surface area contributed by atoms with Gasteiger partial charge >= 0.3 is 0 Å². The van der Waals surface area contributed by atoms with Gasteiger partial charge in [0, 0.05) is 38.7 Å². The van der Waals surface area contributed by atoms with Crippen molar-refractivity contribution < 1.29 is 35.6 Å². The number of rotatable bonds is 3. The molecule has 2 atom stereocenters. The molecule has 0 spiro atoms. The molecule has 33 heavy (non-hydrogen) atoms. The van der Waals surface area contributed by atoms with Gasteiger partial charge in [-0.25, -0.2) is 4.98 Å². The van der Waals surface area contributed by atoms with Gasteiger partial charge in [0.15, 0.2) is 5.75 Å². The van der Waals surface area contributed by atoms with E-state index in [-0.39, 0.29) is 38.0 Å². The first-order chi connectivity index (χ1) is 15.2. The molecule has 1 aliphatic heterocycles. The van der Waals surface area contributed by atoms with E-state index in [1.165, 1.54) is 6.42 Å². The molecule has 0 bridgehead atoms. The molecule has 1 aliphatic carbocycles. The van der Waals surface area contributed by atoms with Gasteiger partial charge in [-0.05, 0) is 46.1 Å². The number of ether oxygens (including phenoxy) is 2. The summed E-state index contributed by atoms with van der Waals surface area (Å²) in [7, 11) is 0. The minimum atomic E-state index is -0.282. The van der Waals surface area contributed by atoms with Crippen LogP contribution >= 0.6 is 0 Å². The summed E-state index contributed by atoms with van der Waals surface area (Å²) in [4.78, 5) is 13.7. The van der Waals surface area contributed by atoms with Crippen LogP contribution in [0.4, 0.5) is 0 Å². The zero-order chi connectivity index (χ0) is 22.7. The van der Waals surface area contributed by atoms with Gasteiger partial charge in [0.05, 0.1) is 17.0 Å². The van der Waals surface area contributed by atoms with Crippen LogP contribution in [0.2, 0.25) is 0 Å². The van der Waals surface area contributed by atoms with Crippen LogP contribution in [0.1, 0.15) is 61.9 Å². The van der Waals surface area contributed by atoms with Crippen molar-refractivity contribution in [3.05, 3.63) is 52.8 Å². The summed E-state index contributed by atoms with van der Waals surface area (Å²) < 4.78 is 12.6. The molecule has 2 aromatic heterocycles. The van der Waals surface area contributed by atoms with E-state index in [1.54, 1.807) is 19.2 Å². The minimum Gasteiger partial charge on any atom is -0.512 e. The predicted octanol–water partition coefficient (Wildman–Crippen LogP) is 5.72. The van der Waals surface area contributed by atoms with E-state index in [0.717, 1.165) is 41.3 Å². The van der Waals surface area contributed by atoms with Crippen LogP contribution in [0.5, 0.6) is 17.4 Å². The van der Waals surface area contributed by atoms with Crippen LogP contribution in [-0.2, 0) is 25.8 Å². The summed E-state index contributed by atoms with van der Waals surface area (Å²) in [5.74, 6) is 1.66. The first-order valence-corrected chi connectivity index (χ1v) is 11.2. The van der Waals surface area contributed by atoms with E-state index in [9.17, 15) is 5.11 Å². The average molecular weight is 626 g/mol. The molecule has 176 valence electrons. The van der Waals surface area contributed by atoms with Crippen LogP contribution < -0.4 is 4.74 Å². The first kappa shape index (κ1) is 23.7. The molecule has 7 heteroatoms. The summed E-state index contributed by atoms with van der Waals surface area (Å²) >= 11 is 0. The van der Waals surface area contributed by atoms with Gasteiger partial charge in [-0.1, -0.05) is 37.5 Å². The van der Waals surface area contributed by atoms with Crippen LogP contribution in [0, 0.1) is 26.8 Å². The van der Waals surface area contributed by atoms with Crippen LogP contribution in [0.3, 0.4) is 0 Å². The quantitative estimate of drug-likeness (QED) is 0.377. The molecule has 0 radical (unpaired) electrons. The second-order valence-electron chi connectivity index (χ2n) is 9.45. The Hall–Kier alpha value is -2.46. The first-order valence-electron chi connectivity index (χ1n) is 11.2. The SMILES string of the molecule is Cc1cc(C)c(C2=N[C@@]3(C)CCCCC3(C)O2)[c-]c1Oc1ccc2cnc(C)c(O)c2n1.[Pt]. The van der Waals surface area contributed by atoms with E-state index >= 15 is 0 Å². The molecule has 0 amide bonds. The second-order valence-corrected chi connectivity index (χ2v) is 9.45. The standard InChI is InChI=1S/C26H28N3O3.Pt/c1-15-12-16(2)20(31-21-9-8-18-14-27-17(3)23(30)22(18)28-21)13-19(15)24-29-25(4)10-6-7-11-26(25,5)32-24;/h8-9,12,14,30H,6-7,10-11H2,1-5H3;/q-1;/t25-,26?;/m0./s1. The molecular formula is C26H28N3O3Pt-. The fourth-order valence-corrected chi connectivity index (χ4v) is 4.78. The van der Waals surface area contributed by atoms with Gasteiger partial charge in [0.25, 0.3) is 0 Å². The molecule has 2 aliphatic rings. The van der Waals surface area contributed by atoms with Crippen LogP contribution in [0.15, 0.2) is 29.4 Å². The fraction of sp³-hybridized carbons (Fsp3) is 0.423. The third-order valence-electron chi connectivity index (χ3n) is 7.09. The van der Waals surface area contributed by atoms with Gasteiger partial charge in [-0.2, -0.15) is 0 Å². The molecule has 1 aromatic carbocycles. The maximum absolute atomic E-state index is 10.4. The molecular weight excluding hydrogens is 597 g/mol. The van der Waals surface area contributed by atoms with Gasteiger partial charge in [0.1, 0.15) is 17.0 Å². The number of aryl methyl sites for hydroxylation is 3. The average Bonchev–Trinajstić information content (AvgIpc) is 3.04. The third kappa shape index (κ3) is 3.93. The van der Waals surface area contributed by atoms with E-state index < -0.39 is 0 Å². The number of pyridine rings is 2. The number of nitrogens with zero attached hydrogens (tertiary/aromatic N) is 3. The summed E-state index contributed by atoms with van der Waals surface area (Å²) in [6.45, 7) is 10.1. The molecule has 3 heterocycles. The maximum atomic E-state index is 10.4. The van der Waals surface area contributed by atoms with Crippen molar-refractivity contribution >= 4 is 16.8 Å². The molecule has 1 N–H and O–H groups in total. The molecule has 0 saturated heterocycles. The normalized spacial score (nSPS) is 24.0. The van der Waals surface area contributed by atoms with Crippen molar-refractivity contribution in [2.75, 3.05) is 0 Å². The Labute approximate surface area is 208 Å². The van der Waals surface area contributed by atoms with E-state index in [4.69, 9.17) is 14.5 Å². The minimum absolute atomic E-state index is 0. The number of aromatic nitrogens is 2. The van der Waals surface area contributed by atoms with Crippen molar-refractivity contribution in [2.45, 2.75) is 71.4 Å². The fourth-order valence-electron chi connectivity index (χ4n) is 4.78. The Morgan fingerprint density at radius 2 is 1.85 bits per heavy atom. The molecule has 3 aromatic rings. The summed E-state index contributed by atoms with van der Waals surface area (Å²) in [6, 6.07) is 9.07. The van der Waals surface area contributed by atoms with Crippen molar-refractivity contribution in [1.29, 1.82) is 0 Å². The third-order valence-corrected chi connectivity index (χ3v) is 7.09.